The van der Waals surface area contributed by atoms with Gasteiger partial charge in [-0.15, -0.1) is 0 Å². The Hall–Kier alpha value is -2.59. The van der Waals surface area contributed by atoms with Gasteiger partial charge in [-0.3, -0.25) is 4.68 Å². The Labute approximate surface area is 199 Å². The van der Waals surface area contributed by atoms with Crippen LogP contribution in [-0.4, -0.2) is 49.7 Å². The zero-order valence-corrected chi connectivity index (χ0v) is 20.5. The minimum absolute atomic E-state index is 0.0429. The number of aryl methyl sites for hydroxylation is 1. The quantitative estimate of drug-likeness (QED) is 0.519. The molecular weight excluding hydrogens is 496 g/mol. The molecule has 3 aromatic rings. The highest BCUT2D eigenvalue weighted by Gasteiger charge is 2.29. The molecule has 0 aliphatic heterocycles. The van der Waals surface area contributed by atoms with Gasteiger partial charge in [0.1, 0.15) is 11.6 Å². The molecule has 1 amide bonds. The van der Waals surface area contributed by atoms with Crippen LogP contribution in [-0.2, 0) is 19.9 Å². The van der Waals surface area contributed by atoms with E-state index >= 15 is 0 Å². The fourth-order valence-electron chi connectivity index (χ4n) is 3.94. The number of hydrogen-bond donors (Lipinski definition) is 1. The van der Waals surface area contributed by atoms with Gasteiger partial charge in [-0.2, -0.15) is 14.9 Å². The van der Waals surface area contributed by atoms with Crippen LogP contribution in [0.2, 0.25) is 0 Å². The second-order valence-electron chi connectivity index (χ2n) is 8.82. The molecule has 1 fully saturated rings. The number of aliphatic hydroxyl groups is 1. The monoisotopic (exact) mass is 521 g/mol. The molecule has 0 saturated heterocycles. The lowest BCUT2D eigenvalue weighted by atomic mass is 9.96. The average molecular weight is 522 g/mol. The van der Waals surface area contributed by atoms with E-state index in [4.69, 9.17) is 0 Å². The van der Waals surface area contributed by atoms with Crippen molar-refractivity contribution in [3.05, 3.63) is 57.0 Å². The largest absolute Gasteiger partial charge is 0.389 e. The summed E-state index contributed by atoms with van der Waals surface area (Å²) in [7, 11) is 5.01. The molecule has 1 aliphatic rings. The number of aliphatic hydroxyl groups excluding tert-OH is 1. The zero-order valence-electron chi connectivity index (χ0n) is 18.9. The van der Waals surface area contributed by atoms with Gasteiger partial charge < -0.3 is 10.0 Å². The van der Waals surface area contributed by atoms with E-state index in [0.717, 1.165) is 41.6 Å². The van der Waals surface area contributed by atoms with Crippen LogP contribution >= 0.6 is 15.9 Å². The summed E-state index contributed by atoms with van der Waals surface area (Å²) in [4.78, 5) is 14.3. The third-order valence-corrected chi connectivity index (χ3v) is 6.68. The minimum atomic E-state index is -1.10. The minimum Gasteiger partial charge on any atom is -0.389 e. The van der Waals surface area contributed by atoms with E-state index in [1.807, 2.05) is 0 Å². The third-order valence-electron chi connectivity index (χ3n) is 5.76. The molecule has 2 heterocycles. The van der Waals surface area contributed by atoms with Crippen LogP contribution in [0.1, 0.15) is 48.4 Å². The van der Waals surface area contributed by atoms with Gasteiger partial charge in [0.25, 0.3) is 0 Å². The van der Waals surface area contributed by atoms with Crippen LogP contribution in [0, 0.1) is 17.6 Å². The van der Waals surface area contributed by atoms with E-state index < -0.39 is 17.7 Å². The lowest BCUT2D eigenvalue weighted by molar-refractivity contribution is 0.199. The summed E-state index contributed by atoms with van der Waals surface area (Å²) < 4.78 is 32.5. The zero-order chi connectivity index (χ0) is 24.0. The number of carbonyl (C=O) groups excluding carboxylic acids is 1. The van der Waals surface area contributed by atoms with Crippen LogP contribution in [0.15, 0.2) is 22.8 Å². The highest BCUT2D eigenvalue weighted by atomic mass is 79.9. The topological polar surface area (TPSA) is 76.2 Å². The van der Waals surface area contributed by atoms with E-state index in [-0.39, 0.29) is 29.3 Å². The fraction of sp³-hybridized carbons (Fsp3) is 0.435. The van der Waals surface area contributed by atoms with Gasteiger partial charge >= 0.3 is 6.03 Å². The maximum atomic E-state index is 14.9. The van der Waals surface area contributed by atoms with Gasteiger partial charge in [0.05, 0.1) is 27.7 Å². The van der Waals surface area contributed by atoms with E-state index in [0.29, 0.717) is 17.2 Å². The number of hydrogen-bond acceptors (Lipinski definition) is 4. The molecule has 2 aromatic heterocycles. The summed E-state index contributed by atoms with van der Waals surface area (Å²) in [5.41, 5.74) is 2.49. The van der Waals surface area contributed by atoms with Crippen LogP contribution in [0.3, 0.4) is 0 Å². The van der Waals surface area contributed by atoms with Crippen molar-refractivity contribution >= 4 is 22.0 Å². The number of rotatable bonds is 6. The molecule has 1 saturated carbocycles. The Morgan fingerprint density at radius 2 is 2.00 bits per heavy atom. The molecule has 1 N–H and O–H groups in total. The summed E-state index contributed by atoms with van der Waals surface area (Å²) in [6.45, 7) is 1.45. The second kappa shape index (κ2) is 8.98. The van der Waals surface area contributed by atoms with Crippen molar-refractivity contribution in [3.63, 3.8) is 0 Å². The van der Waals surface area contributed by atoms with Gasteiger partial charge in [0, 0.05) is 51.0 Å². The van der Waals surface area contributed by atoms with Gasteiger partial charge in [-0.25, -0.2) is 13.6 Å². The molecule has 33 heavy (non-hydrogen) atoms. The Bertz CT molecular complexity index is 1210. The maximum absolute atomic E-state index is 14.9. The van der Waals surface area contributed by atoms with Crippen molar-refractivity contribution in [1.82, 2.24) is 24.5 Å². The molecule has 0 radical (unpaired) electrons. The van der Waals surface area contributed by atoms with Crippen molar-refractivity contribution in [2.24, 2.45) is 13.0 Å². The van der Waals surface area contributed by atoms with Crippen molar-refractivity contribution in [3.8, 4) is 11.3 Å². The molecule has 1 atom stereocenters. The fourth-order valence-corrected chi connectivity index (χ4v) is 4.49. The number of carbonyl (C=O) groups is 1. The first kappa shape index (κ1) is 23.6. The van der Waals surface area contributed by atoms with Crippen molar-refractivity contribution in [1.29, 1.82) is 0 Å². The van der Waals surface area contributed by atoms with Crippen molar-refractivity contribution in [2.45, 2.75) is 38.7 Å². The standard InChI is InChI=1S/C23H26BrF2N5O2/c1-12(32)16-9-15(25)10-17(26)20(16)22-14(11-30(4)28-22)8-19-21(24)18(7-13-5-6-13)27-31(19)23(33)29(2)3/h9-13,32H,5-8H2,1-4H3/t12-/m1/s1. The molecule has 4 rings (SSSR count). The van der Waals surface area contributed by atoms with Crippen LogP contribution in [0.25, 0.3) is 11.3 Å². The van der Waals surface area contributed by atoms with E-state index in [2.05, 4.69) is 26.1 Å². The summed E-state index contributed by atoms with van der Waals surface area (Å²) >= 11 is 3.64. The lowest BCUT2D eigenvalue weighted by Gasteiger charge is -2.15. The summed E-state index contributed by atoms with van der Waals surface area (Å²) in [5, 5.41) is 19.2. The normalized spacial score (nSPS) is 14.5. The lowest BCUT2D eigenvalue weighted by Crippen LogP contribution is -2.29. The van der Waals surface area contributed by atoms with Crippen molar-refractivity contribution < 1.29 is 18.7 Å². The van der Waals surface area contributed by atoms with E-state index in [1.165, 1.54) is 21.2 Å². The summed E-state index contributed by atoms with van der Waals surface area (Å²) in [6, 6.07) is 1.60. The van der Waals surface area contributed by atoms with E-state index in [1.54, 1.807) is 27.3 Å². The van der Waals surface area contributed by atoms with E-state index in [9.17, 15) is 18.7 Å². The molecule has 1 aliphatic carbocycles. The SMILES string of the molecule is C[C@@H](O)c1cc(F)cc(F)c1-c1nn(C)cc1Cc1c(Br)c(CC2CC2)nn1C(=O)N(C)C. The molecule has 0 spiro atoms. The molecule has 0 unspecified atom stereocenters. The molecule has 1 aromatic carbocycles. The van der Waals surface area contributed by atoms with Gasteiger partial charge in [0.15, 0.2) is 0 Å². The van der Waals surface area contributed by atoms with Gasteiger partial charge in [-0.05, 0) is 59.7 Å². The molecular formula is C23H26BrF2N5O2. The second-order valence-corrected chi connectivity index (χ2v) is 9.62. The molecule has 7 nitrogen and oxygen atoms in total. The van der Waals surface area contributed by atoms with Gasteiger partial charge in [0.2, 0.25) is 0 Å². The highest BCUT2D eigenvalue weighted by Crippen LogP contribution is 2.37. The Balaban J connectivity index is 1.83. The highest BCUT2D eigenvalue weighted by molar-refractivity contribution is 9.10. The first-order chi connectivity index (χ1) is 15.6. The number of halogens is 3. The predicted molar refractivity (Wildman–Crippen MR) is 123 cm³/mol. The first-order valence-electron chi connectivity index (χ1n) is 10.7. The average Bonchev–Trinajstić information content (AvgIpc) is 3.41. The van der Waals surface area contributed by atoms with Crippen LogP contribution < -0.4 is 0 Å². The Morgan fingerprint density at radius 1 is 1.30 bits per heavy atom. The first-order valence-corrected chi connectivity index (χ1v) is 11.5. The summed E-state index contributed by atoms with van der Waals surface area (Å²) in [5.74, 6) is -1.01. The van der Waals surface area contributed by atoms with Gasteiger partial charge in [-0.1, -0.05) is 0 Å². The Morgan fingerprint density at radius 3 is 2.61 bits per heavy atom. The number of aromatic nitrogens is 4. The third kappa shape index (κ3) is 4.72. The van der Waals surface area contributed by atoms with Crippen LogP contribution in [0.4, 0.5) is 13.6 Å². The maximum Gasteiger partial charge on any atom is 0.344 e. The smallest absolute Gasteiger partial charge is 0.344 e. The number of nitrogens with zero attached hydrogens (tertiary/aromatic N) is 5. The van der Waals surface area contributed by atoms with Crippen LogP contribution in [0.5, 0.6) is 0 Å². The van der Waals surface area contributed by atoms with Crippen molar-refractivity contribution in [2.75, 3.05) is 14.1 Å². The molecule has 176 valence electrons. The molecule has 10 heteroatoms. The Kier molecular flexibility index (Phi) is 6.41. The summed E-state index contributed by atoms with van der Waals surface area (Å²) in [6.07, 6.45) is 3.94. The predicted octanol–water partition coefficient (Wildman–Crippen LogP) is 4.45. The number of benzene rings is 1. The number of amides is 1. The molecule has 0 bridgehead atoms.